The van der Waals surface area contributed by atoms with Gasteiger partial charge in [0.05, 0.1) is 16.8 Å². The molecule has 0 unspecified atom stereocenters. The van der Waals surface area contributed by atoms with Crippen LogP contribution in [-0.4, -0.2) is 31.0 Å². The Labute approximate surface area is 176 Å². The molecule has 0 spiro atoms. The number of esters is 1. The zero-order chi connectivity index (χ0) is 21.1. The summed E-state index contributed by atoms with van der Waals surface area (Å²) >= 11 is 1.43. The number of nitrogens with one attached hydrogen (secondary N) is 2. The summed E-state index contributed by atoms with van der Waals surface area (Å²) in [5.74, 6) is -1.09. The summed E-state index contributed by atoms with van der Waals surface area (Å²) in [4.78, 5) is 37.0. The second-order valence-electron chi connectivity index (χ2n) is 7.05. The molecule has 4 rings (SSSR count). The minimum absolute atomic E-state index is 0.125. The summed E-state index contributed by atoms with van der Waals surface area (Å²) in [5.41, 5.74) is 2.24. The number of amides is 2. The zero-order valence-electron chi connectivity index (χ0n) is 16.1. The number of carbonyl (C=O) groups excluding carboxylic acids is 3. The maximum absolute atomic E-state index is 12.3. The highest BCUT2D eigenvalue weighted by molar-refractivity contribution is 7.16. The van der Waals surface area contributed by atoms with Crippen LogP contribution in [0.15, 0.2) is 18.2 Å². The summed E-state index contributed by atoms with van der Waals surface area (Å²) in [7, 11) is 0. The molecule has 1 aromatic carbocycles. The van der Waals surface area contributed by atoms with Gasteiger partial charge in [0.25, 0.3) is 11.8 Å². The van der Waals surface area contributed by atoms with Crippen LogP contribution in [0, 0.1) is 11.3 Å². The number of carbonyl (C=O) groups is 3. The van der Waals surface area contributed by atoms with Crippen molar-refractivity contribution in [1.82, 2.24) is 0 Å². The lowest BCUT2D eigenvalue weighted by molar-refractivity contribution is -0.119. The molecule has 2 N–H and O–H groups in total. The van der Waals surface area contributed by atoms with Gasteiger partial charge in [-0.05, 0) is 49.4 Å². The lowest BCUT2D eigenvalue weighted by Crippen LogP contribution is -2.25. The number of thiophene rings is 1. The molecule has 1 aliphatic heterocycles. The summed E-state index contributed by atoms with van der Waals surface area (Å²) in [6.45, 7) is -0.596. The normalized spacial score (nSPS) is 14.8. The highest BCUT2D eigenvalue weighted by atomic mass is 32.1. The number of hydrogen-bond acceptors (Lipinski definition) is 7. The highest BCUT2D eigenvalue weighted by Gasteiger charge is 2.22. The number of benzene rings is 1. The second kappa shape index (κ2) is 8.55. The standard InChI is InChI=1S/C21H19N3O5S/c22-9-14-13-4-2-1-3-5-17(13)30-20(14)24-19(26)11-29-21(27)12-6-7-15-16(8-12)28-10-18(25)23-15/h6-8H,1-5,10-11H2,(H,23,25)(H,24,26). The molecule has 154 valence electrons. The molecular weight excluding hydrogens is 406 g/mol. The summed E-state index contributed by atoms with van der Waals surface area (Å²) in [6.07, 6.45) is 5.03. The Morgan fingerprint density at radius 2 is 2.10 bits per heavy atom. The molecule has 2 amide bonds. The van der Waals surface area contributed by atoms with Gasteiger partial charge in [-0.25, -0.2) is 4.79 Å². The first kappa shape index (κ1) is 19.9. The van der Waals surface area contributed by atoms with E-state index in [9.17, 15) is 19.6 Å². The van der Waals surface area contributed by atoms with Crippen molar-refractivity contribution in [1.29, 1.82) is 5.26 Å². The fraction of sp³-hybridized carbons (Fsp3) is 0.333. The van der Waals surface area contributed by atoms with Crippen LogP contribution >= 0.6 is 11.3 Å². The Kier molecular flexibility index (Phi) is 5.68. The smallest absolute Gasteiger partial charge is 0.338 e. The van der Waals surface area contributed by atoms with E-state index in [0.29, 0.717) is 22.0 Å². The van der Waals surface area contributed by atoms with Crippen molar-refractivity contribution >= 4 is 39.8 Å². The molecular formula is C21H19N3O5S. The van der Waals surface area contributed by atoms with Crippen molar-refractivity contribution in [2.24, 2.45) is 0 Å². The highest BCUT2D eigenvalue weighted by Crippen LogP contribution is 2.37. The fourth-order valence-corrected chi connectivity index (χ4v) is 4.78. The van der Waals surface area contributed by atoms with E-state index in [4.69, 9.17) is 9.47 Å². The van der Waals surface area contributed by atoms with E-state index in [2.05, 4.69) is 16.7 Å². The molecule has 9 heteroatoms. The summed E-state index contributed by atoms with van der Waals surface area (Å²) in [6, 6.07) is 6.69. The SMILES string of the molecule is N#Cc1c(NC(=O)COC(=O)c2ccc3c(c2)OCC(=O)N3)sc2c1CCCCC2. The minimum Gasteiger partial charge on any atom is -0.482 e. The van der Waals surface area contributed by atoms with Crippen molar-refractivity contribution in [3.8, 4) is 11.8 Å². The molecule has 0 radical (unpaired) electrons. The maximum atomic E-state index is 12.3. The predicted octanol–water partition coefficient (Wildman–Crippen LogP) is 3.02. The topological polar surface area (TPSA) is 118 Å². The van der Waals surface area contributed by atoms with Gasteiger partial charge in [0.15, 0.2) is 13.2 Å². The third-order valence-electron chi connectivity index (χ3n) is 4.97. The number of fused-ring (bicyclic) bond motifs is 2. The van der Waals surface area contributed by atoms with Gasteiger partial charge < -0.3 is 20.1 Å². The van der Waals surface area contributed by atoms with Gasteiger partial charge in [-0.3, -0.25) is 9.59 Å². The van der Waals surface area contributed by atoms with Gasteiger partial charge in [0.1, 0.15) is 16.8 Å². The average molecular weight is 425 g/mol. The minimum atomic E-state index is -0.684. The van der Waals surface area contributed by atoms with Crippen molar-refractivity contribution < 1.29 is 23.9 Å². The van der Waals surface area contributed by atoms with Crippen molar-refractivity contribution in [2.75, 3.05) is 23.8 Å². The van der Waals surface area contributed by atoms with E-state index in [0.717, 1.165) is 42.5 Å². The van der Waals surface area contributed by atoms with Crippen LogP contribution in [0.5, 0.6) is 5.75 Å². The van der Waals surface area contributed by atoms with Gasteiger partial charge in [0, 0.05) is 4.88 Å². The van der Waals surface area contributed by atoms with Crippen molar-refractivity contribution in [3.63, 3.8) is 0 Å². The molecule has 1 aliphatic carbocycles. The first-order chi connectivity index (χ1) is 14.5. The van der Waals surface area contributed by atoms with Crippen molar-refractivity contribution in [2.45, 2.75) is 32.1 Å². The average Bonchev–Trinajstić information content (AvgIpc) is 2.90. The molecule has 0 saturated carbocycles. The quantitative estimate of drug-likeness (QED) is 0.574. The molecule has 8 nitrogen and oxygen atoms in total. The van der Waals surface area contributed by atoms with Crippen LogP contribution in [-0.2, 0) is 27.2 Å². The van der Waals surface area contributed by atoms with E-state index < -0.39 is 18.5 Å². The molecule has 2 heterocycles. The number of hydrogen-bond donors (Lipinski definition) is 2. The van der Waals surface area contributed by atoms with Gasteiger partial charge in [-0.1, -0.05) is 6.42 Å². The Balaban J connectivity index is 1.38. The van der Waals surface area contributed by atoms with E-state index in [1.54, 1.807) is 6.07 Å². The van der Waals surface area contributed by atoms with Crippen LogP contribution < -0.4 is 15.4 Å². The van der Waals surface area contributed by atoms with E-state index in [1.165, 1.54) is 23.5 Å². The van der Waals surface area contributed by atoms with Gasteiger partial charge in [-0.15, -0.1) is 11.3 Å². The number of rotatable bonds is 4. The van der Waals surface area contributed by atoms with Gasteiger partial charge >= 0.3 is 5.97 Å². The van der Waals surface area contributed by atoms with Gasteiger partial charge in [0.2, 0.25) is 0 Å². The van der Waals surface area contributed by atoms with E-state index in [-0.39, 0.29) is 18.1 Å². The van der Waals surface area contributed by atoms with Crippen LogP contribution in [0.2, 0.25) is 0 Å². The molecule has 30 heavy (non-hydrogen) atoms. The molecule has 0 bridgehead atoms. The Bertz CT molecular complexity index is 1070. The lowest BCUT2D eigenvalue weighted by Gasteiger charge is -2.18. The number of nitrogens with zero attached hydrogens (tertiary/aromatic N) is 1. The van der Waals surface area contributed by atoms with Crippen LogP contribution in [0.1, 0.15) is 45.6 Å². The maximum Gasteiger partial charge on any atom is 0.338 e. The molecule has 2 aromatic rings. The van der Waals surface area contributed by atoms with Crippen LogP contribution in [0.3, 0.4) is 0 Å². The Morgan fingerprint density at radius 1 is 1.27 bits per heavy atom. The van der Waals surface area contributed by atoms with E-state index >= 15 is 0 Å². The van der Waals surface area contributed by atoms with Crippen LogP contribution in [0.4, 0.5) is 10.7 Å². The number of nitriles is 1. The number of ether oxygens (including phenoxy) is 2. The van der Waals surface area contributed by atoms with Gasteiger partial charge in [-0.2, -0.15) is 5.26 Å². The molecule has 0 saturated heterocycles. The summed E-state index contributed by atoms with van der Waals surface area (Å²) < 4.78 is 10.4. The summed E-state index contributed by atoms with van der Waals surface area (Å²) in [5, 5.41) is 15.4. The molecule has 0 fully saturated rings. The van der Waals surface area contributed by atoms with Crippen molar-refractivity contribution in [3.05, 3.63) is 39.8 Å². The Morgan fingerprint density at radius 3 is 2.93 bits per heavy atom. The number of anilines is 2. The third-order valence-corrected chi connectivity index (χ3v) is 6.18. The molecule has 1 aromatic heterocycles. The zero-order valence-corrected chi connectivity index (χ0v) is 16.9. The first-order valence-electron chi connectivity index (χ1n) is 9.63. The first-order valence-corrected chi connectivity index (χ1v) is 10.4. The van der Waals surface area contributed by atoms with E-state index in [1.807, 2.05) is 0 Å². The monoisotopic (exact) mass is 425 g/mol. The third kappa shape index (κ3) is 4.14. The van der Waals surface area contributed by atoms with Crippen LogP contribution in [0.25, 0.3) is 0 Å². The predicted molar refractivity (Wildman–Crippen MR) is 110 cm³/mol. The second-order valence-corrected chi connectivity index (χ2v) is 8.16. The molecule has 2 aliphatic rings. The Hall–Kier alpha value is -3.38. The largest absolute Gasteiger partial charge is 0.482 e. The number of aryl methyl sites for hydroxylation is 1. The lowest BCUT2D eigenvalue weighted by atomic mass is 10.1. The fourth-order valence-electron chi connectivity index (χ4n) is 3.53. The molecule has 0 atom stereocenters.